The first-order chi connectivity index (χ1) is 16.2. The lowest BCUT2D eigenvalue weighted by Gasteiger charge is -2.29. The second-order valence-corrected chi connectivity index (χ2v) is 10.8. The van der Waals surface area contributed by atoms with Gasteiger partial charge in [0.2, 0.25) is 21.8 Å². The Kier molecular flexibility index (Phi) is 9.73. The number of carbonyl (C=O) groups is 2. The molecule has 0 aliphatic carbocycles. The number of rotatable bonds is 10. The van der Waals surface area contributed by atoms with Crippen molar-refractivity contribution in [1.29, 1.82) is 0 Å². The van der Waals surface area contributed by atoms with Crippen LogP contribution >= 0.6 is 15.9 Å². The van der Waals surface area contributed by atoms with Crippen LogP contribution in [0.4, 0.5) is 18.9 Å². The number of hydrogen-bond acceptors (Lipinski definition) is 4. The molecule has 0 aliphatic heterocycles. The molecule has 1 unspecified atom stereocenters. The van der Waals surface area contributed by atoms with Crippen molar-refractivity contribution in [3.8, 4) is 0 Å². The maximum atomic E-state index is 13.1. The molecule has 0 saturated carbocycles. The predicted molar refractivity (Wildman–Crippen MR) is 131 cm³/mol. The normalized spacial score (nSPS) is 12.7. The fourth-order valence-corrected chi connectivity index (χ4v) is 4.87. The van der Waals surface area contributed by atoms with Gasteiger partial charge in [-0.05, 0) is 49.2 Å². The van der Waals surface area contributed by atoms with E-state index in [9.17, 15) is 31.2 Å². The highest BCUT2D eigenvalue weighted by Crippen LogP contribution is 2.32. The van der Waals surface area contributed by atoms with Gasteiger partial charge in [-0.1, -0.05) is 34.1 Å². The molecule has 7 nitrogen and oxygen atoms in total. The Morgan fingerprint density at radius 2 is 1.77 bits per heavy atom. The second-order valence-electron chi connectivity index (χ2n) is 7.93. The number of halogens is 4. The quantitative estimate of drug-likeness (QED) is 0.459. The Morgan fingerprint density at radius 3 is 2.34 bits per heavy atom. The van der Waals surface area contributed by atoms with Crippen molar-refractivity contribution < 1.29 is 31.2 Å². The third-order valence-electron chi connectivity index (χ3n) is 5.27. The zero-order valence-electron chi connectivity index (χ0n) is 19.5. The van der Waals surface area contributed by atoms with Crippen molar-refractivity contribution in [2.45, 2.75) is 38.5 Å². The van der Waals surface area contributed by atoms with Crippen molar-refractivity contribution in [3.05, 3.63) is 64.1 Å². The molecule has 1 N–H and O–H groups in total. The molecule has 0 aliphatic rings. The smallest absolute Gasteiger partial charge is 0.357 e. The molecule has 35 heavy (non-hydrogen) atoms. The van der Waals surface area contributed by atoms with E-state index in [2.05, 4.69) is 21.2 Å². The Balaban J connectivity index is 2.19. The first-order valence-corrected chi connectivity index (χ1v) is 13.3. The van der Waals surface area contributed by atoms with Crippen LogP contribution in [-0.2, 0) is 32.3 Å². The van der Waals surface area contributed by atoms with E-state index in [0.29, 0.717) is 0 Å². The molecule has 0 spiro atoms. The summed E-state index contributed by atoms with van der Waals surface area (Å²) in [6.45, 7) is 1.53. The van der Waals surface area contributed by atoms with Gasteiger partial charge in [-0.3, -0.25) is 13.9 Å². The van der Waals surface area contributed by atoms with E-state index >= 15 is 0 Å². The van der Waals surface area contributed by atoms with E-state index < -0.39 is 33.7 Å². The number of amides is 2. The van der Waals surface area contributed by atoms with Gasteiger partial charge in [-0.2, -0.15) is 13.2 Å². The van der Waals surface area contributed by atoms with Crippen LogP contribution in [-0.4, -0.2) is 51.0 Å². The molecule has 1 atom stereocenters. The summed E-state index contributed by atoms with van der Waals surface area (Å²) in [6, 6.07) is 10.5. The predicted octanol–water partition coefficient (Wildman–Crippen LogP) is 4.18. The first kappa shape index (κ1) is 28.6. The van der Waals surface area contributed by atoms with Crippen LogP contribution in [0.3, 0.4) is 0 Å². The highest BCUT2D eigenvalue weighted by atomic mass is 79.9. The third kappa shape index (κ3) is 8.24. The number of nitrogens with zero attached hydrogens (tertiary/aromatic N) is 2. The summed E-state index contributed by atoms with van der Waals surface area (Å²) in [5, 5.41) is 2.51. The summed E-state index contributed by atoms with van der Waals surface area (Å²) in [7, 11) is -2.46. The molecule has 0 fully saturated rings. The Bertz CT molecular complexity index is 1160. The SMILES string of the molecule is CNC(=O)C(C)N(Cc1cccc(Br)c1)C(=O)CCCN(c1cccc(C(F)(F)F)c1)S(C)(=O)=O. The molecule has 2 amide bonds. The van der Waals surface area contributed by atoms with E-state index in [0.717, 1.165) is 38.8 Å². The van der Waals surface area contributed by atoms with E-state index in [1.807, 2.05) is 12.1 Å². The summed E-state index contributed by atoms with van der Waals surface area (Å²) in [6.07, 6.45) is -3.81. The van der Waals surface area contributed by atoms with Crippen LogP contribution in [0.15, 0.2) is 53.0 Å². The van der Waals surface area contributed by atoms with E-state index in [1.54, 1.807) is 19.1 Å². The summed E-state index contributed by atoms with van der Waals surface area (Å²) in [4.78, 5) is 26.7. The van der Waals surface area contributed by atoms with Crippen LogP contribution < -0.4 is 9.62 Å². The number of alkyl halides is 3. The number of sulfonamides is 1. The number of anilines is 1. The van der Waals surface area contributed by atoms with Crippen LogP contribution in [0.25, 0.3) is 0 Å². The fourth-order valence-electron chi connectivity index (χ4n) is 3.46. The molecule has 2 aromatic carbocycles. The van der Waals surface area contributed by atoms with Crippen molar-refractivity contribution in [1.82, 2.24) is 10.2 Å². The van der Waals surface area contributed by atoms with Gasteiger partial charge >= 0.3 is 6.18 Å². The number of carbonyl (C=O) groups excluding carboxylic acids is 2. The summed E-state index contributed by atoms with van der Waals surface area (Å²) >= 11 is 3.37. The van der Waals surface area contributed by atoms with E-state index in [4.69, 9.17) is 0 Å². The highest BCUT2D eigenvalue weighted by molar-refractivity contribution is 9.10. The minimum atomic E-state index is -4.63. The zero-order valence-corrected chi connectivity index (χ0v) is 21.9. The second kappa shape index (κ2) is 11.9. The standard InChI is InChI=1S/C23H27BrF3N3O4S/c1-16(22(32)28-2)29(15-17-7-4-9-19(24)13-17)21(31)11-6-12-30(35(3,33)34)20-10-5-8-18(14-20)23(25,26)27/h4-5,7-10,13-14,16H,6,11-12,15H2,1-3H3,(H,28,32). The van der Waals surface area contributed by atoms with Gasteiger partial charge < -0.3 is 10.2 Å². The van der Waals surface area contributed by atoms with Gasteiger partial charge in [0, 0.05) is 31.0 Å². The van der Waals surface area contributed by atoms with Crippen LogP contribution in [0, 0.1) is 0 Å². The molecule has 12 heteroatoms. The average Bonchev–Trinajstić information content (AvgIpc) is 2.78. The topological polar surface area (TPSA) is 86.8 Å². The Labute approximate surface area is 211 Å². The van der Waals surface area contributed by atoms with Crippen molar-refractivity contribution in [2.75, 3.05) is 24.2 Å². The maximum Gasteiger partial charge on any atom is 0.416 e. The lowest BCUT2D eigenvalue weighted by molar-refractivity contribution is -0.140. The molecule has 2 rings (SSSR count). The molecule has 0 heterocycles. The Morgan fingerprint density at radius 1 is 1.11 bits per heavy atom. The average molecular weight is 578 g/mol. The minimum Gasteiger partial charge on any atom is -0.357 e. The molecule has 0 radical (unpaired) electrons. The van der Waals surface area contributed by atoms with Crippen LogP contribution in [0.5, 0.6) is 0 Å². The third-order valence-corrected chi connectivity index (χ3v) is 6.96. The van der Waals surface area contributed by atoms with Crippen molar-refractivity contribution >= 4 is 43.5 Å². The van der Waals surface area contributed by atoms with Crippen LogP contribution in [0.1, 0.15) is 30.9 Å². The van der Waals surface area contributed by atoms with Crippen LogP contribution in [0.2, 0.25) is 0 Å². The number of benzene rings is 2. The van der Waals surface area contributed by atoms with Crippen molar-refractivity contribution in [3.63, 3.8) is 0 Å². The number of hydrogen-bond donors (Lipinski definition) is 1. The van der Waals surface area contributed by atoms with Gasteiger partial charge in [0.05, 0.1) is 17.5 Å². The van der Waals surface area contributed by atoms with Gasteiger partial charge in [0.1, 0.15) is 6.04 Å². The molecular formula is C23H27BrF3N3O4S. The van der Waals surface area contributed by atoms with Gasteiger partial charge in [0.25, 0.3) is 0 Å². The molecule has 2 aromatic rings. The number of likely N-dealkylation sites (N-methyl/N-ethyl adjacent to an activating group) is 1. The Hall–Kier alpha value is -2.60. The fraction of sp³-hybridized carbons (Fsp3) is 0.391. The number of nitrogens with one attached hydrogen (secondary N) is 1. The van der Waals surface area contributed by atoms with Crippen molar-refractivity contribution in [2.24, 2.45) is 0 Å². The minimum absolute atomic E-state index is 0.0393. The molecule has 192 valence electrons. The van der Waals surface area contributed by atoms with E-state index in [-0.39, 0.29) is 37.5 Å². The molecule has 0 saturated heterocycles. The largest absolute Gasteiger partial charge is 0.416 e. The maximum absolute atomic E-state index is 13.1. The van der Waals surface area contributed by atoms with Gasteiger partial charge in [-0.15, -0.1) is 0 Å². The summed E-state index contributed by atoms with van der Waals surface area (Å²) < 4.78 is 65.5. The molecule has 0 aromatic heterocycles. The van der Waals surface area contributed by atoms with Gasteiger partial charge in [0.15, 0.2) is 0 Å². The monoisotopic (exact) mass is 577 g/mol. The summed E-state index contributed by atoms with van der Waals surface area (Å²) in [5.74, 6) is -0.756. The highest BCUT2D eigenvalue weighted by Gasteiger charge is 2.32. The molecular weight excluding hydrogens is 551 g/mol. The lowest BCUT2D eigenvalue weighted by Crippen LogP contribution is -2.46. The van der Waals surface area contributed by atoms with E-state index in [1.165, 1.54) is 18.0 Å². The summed E-state index contributed by atoms with van der Waals surface area (Å²) in [5.41, 5.74) is -0.330. The molecule has 0 bridgehead atoms. The van der Waals surface area contributed by atoms with Gasteiger partial charge in [-0.25, -0.2) is 8.42 Å². The lowest BCUT2D eigenvalue weighted by atomic mass is 10.1. The zero-order chi connectivity index (χ0) is 26.4. The first-order valence-electron chi connectivity index (χ1n) is 10.6.